The van der Waals surface area contributed by atoms with E-state index >= 15 is 0 Å². The van der Waals surface area contributed by atoms with Crippen molar-refractivity contribution in [2.45, 2.75) is 38.3 Å². The van der Waals surface area contributed by atoms with Gasteiger partial charge < -0.3 is 9.84 Å². The van der Waals surface area contributed by atoms with E-state index in [0.717, 1.165) is 32.5 Å². The highest BCUT2D eigenvalue weighted by Crippen LogP contribution is 2.27. The summed E-state index contributed by atoms with van der Waals surface area (Å²) in [6.45, 7) is 6.95. The van der Waals surface area contributed by atoms with Crippen LogP contribution in [0.15, 0.2) is 0 Å². The topological polar surface area (TPSA) is 32.7 Å². The molecule has 13 heavy (non-hydrogen) atoms. The van der Waals surface area contributed by atoms with Crippen LogP contribution in [0.3, 0.4) is 0 Å². The molecule has 1 unspecified atom stereocenters. The van der Waals surface area contributed by atoms with Crippen LogP contribution in [-0.4, -0.2) is 48.5 Å². The number of methoxy groups -OCH3 is 1. The highest BCUT2D eigenvalue weighted by Gasteiger charge is 2.36. The third-order valence-corrected chi connectivity index (χ3v) is 3.10. The lowest BCUT2D eigenvalue weighted by molar-refractivity contribution is -0.0512. The van der Waals surface area contributed by atoms with Crippen molar-refractivity contribution in [2.24, 2.45) is 0 Å². The minimum Gasteiger partial charge on any atom is -0.391 e. The molecule has 0 amide bonds. The summed E-state index contributed by atoms with van der Waals surface area (Å²) in [5.41, 5.74) is -0.0865. The molecule has 0 aromatic heterocycles. The van der Waals surface area contributed by atoms with E-state index in [2.05, 4.69) is 18.7 Å². The van der Waals surface area contributed by atoms with E-state index in [-0.39, 0.29) is 11.6 Å². The van der Waals surface area contributed by atoms with E-state index < -0.39 is 0 Å². The summed E-state index contributed by atoms with van der Waals surface area (Å²) in [4.78, 5) is 2.31. The Balaban J connectivity index is 2.50. The van der Waals surface area contributed by atoms with Gasteiger partial charge in [-0.2, -0.15) is 0 Å². The fraction of sp³-hybridized carbons (Fsp3) is 1.00. The van der Waals surface area contributed by atoms with Gasteiger partial charge in [0.05, 0.1) is 12.7 Å². The maximum atomic E-state index is 9.82. The molecule has 0 aliphatic carbocycles. The molecule has 1 atom stereocenters. The fourth-order valence-electron chi connectivity index (χ4n) is 1.93. The van der Waals surface area contributed by atoms with Crippen LogP contribution in [0.2, 0.25) is 0 Å². The maximum Gasteiger partial charge on any atom is 0.0718 e. The zero-order valence-electron chi connectivity index (χ0n) is 8.92. The molecule has 0 aromatic carbocycles. The quantitative estimate of drug-likeness (QED) is 0.711. The second-order valence-electron chi connectivity index (χ2n) is 4.29. The summed E-state index contributed by atoms with van der Waals surface area (Å²) in [6.07, 6.45) is 1.82. The van der Waals surface area contributed by atoms with Crippen LogP contribution < -0.4 is 0 Å². The summed E-state index contributed by atoms with van der Waals surface area (Å²) in [6, 6.07) is 0. The average molecular weight is 187 g/mol. The van der Waals surface area contributed by atoms with Gasteiger partial charge in [-0.3, -0.25) is 4.90 Å². The zero-order chi connectivity index (χ0) is 9.90. The van der Waals surface area contributed by atoms with Gasteiger partial charge in [0.2, 0.25) is 0 Å². The van der Waals surface area contributed by atoms with Gasteiger partial charge in [-0.1, -0.05) is 0 Å². The molecule has 3 nitrogen and oxygen atoms in total. The van der Waals surface area contributed by atoms with Crippen LogP contribution in [0.5, 0.6) is 0 Å². The molecule has 3 heteroatoms. The van der Waals surface area contributed by atoms with E-state index in [9.17, 15) is 5.11 Å². The molecule has 1 rings (SSSR count). The van der Waals surface area contributed by atoms with Crippen LogP contribution >= 0.6 is 0 Å². The summed E-state index contributed by atoms with van der Waals surface area (Å²) in [7, 11) is 1.72. The largest absolute Gasteiger partial charge is 0.391 e. The Kier molecular flexibility index (Phi) is 3.71. The van der Waals surface area contributed by atoms with E-state index in [4.69, 9.17) is 4.74 Å². The Morgan fingerprint density at radius 2 is 2.23 bits per heavy atom. The number of hydrogen-bond acceptors (Lipinski definition) is 3. The first kappa shape index (κ1) is 11.0. The van der Waals surface area contributed by atoms with Crippen molar-refractivity contribution in [3.05, 3.63) is 0 Å². The zero-order valence-corrected chi connectivity index (χ0v) is 8.92. The molecule has 1 aliphatic heterocycles. The Bertz CT molecular complexity index is 159. The van der Waals surface area contributed by atoms with Gasteiger partial charge in [0.15, 0.2) is 0 Å². The van der Waals surface area contributed by atoms with Crippen molar-refractivity contribution in [3.8, 4) is 0 Å². The maximum absolute atomic E-state index is 9.82. The van der Waals surface area contributed by atoms with Gasteiger partial charge in [0.1, 0.15) is 0 Å². The summed E-state index contributed by atoms with van der Waals surface area (Å²) >= 11 is 0. The van der Waals surface area contributed by atoms with Gasteiger partial charge in [-0.25, -0.2) is 0 Å². The Hall–Kier alpha value is -0.120. The van der Waals surface area contributed by atoms with Gasteiger partial charge in [0.25, 0.3) is 0 Å². The normalized spacial score (nSPS) is 29.1. The molecule has 0 radical (unpaired) electrons. The molecule has 0 aromatic rings. The summed E-state index contributed by atoms with van der Waals surface area (Å²) < 4.78 is 5.05. The number of hydrogen-bond donors (Lipinski definition) is 1. The number of likely N-dealkylation sites (tertiary alicyclic amines) is 1. The fourth-order valence-corrected chi connectivity index (χ4v) is 1.93. The van der Waals surface area contributed by atoms with E-state index in [1.165, 1.54) is 0 Å². The van der Waals surface area contributed by atoms with E-state index in [1.807, 2.05) is 0 Å². The second kappa shape index (κ2) is 4.40. The molecule has 1 N–H and O–H groups in total. The molecule has 0 spiro atoms. The molecule has 1 aliphatic rings. The third-order valence-electron chi connectivity index (χ3n) is 3.10. The highest BCUT2D eigenvalue weighted by molar-refractivity contribution is 4.92. The Morgan fingerprint density at radius 3 is 2.85 bits per heavy atom. The van der Waals surface area contributed by atoms with Gasteiger partial charge in [0, 0.05) is 19.2 Å². The van der Waals surface area contributed by atoms with Crippen molar-refractivity contribution in [1.29, 1.82) is 0 Å². The third kappa shape index (κ3) is 2.42. The highest BCUT2D eigenvalue weighted by atomic mass is 16.5. The number of piperidine rings is 1. The number of ether oxygens (including phenoxy) is 1. The smallest absolute Gasteiger partial charge is 0.0718 e. The first-order valence-corrected chi connectivity index (χ1v) is 5.01. The van der Waals surface area contributed by atoms with Crippen molar-refractivity contribution >= 4 is 0 Å². The molecule has 78 valence electrons. The average Bonchev–Trinajstić information content (AvgIpc) is 2.08. The minimum atomic E-state index is -0.196. The second-order valence-corrected chi connectivity index (χ2v) is 4.29. The standard InChI is InChI=1S/C10H21NO2/c1-10(2)9(12)5-4-6-11(10)7-8-13-3/h9,12H,4-8H2,1-3H3. The van der Waals surface area contributed by atoms with Crippen molar-refractivity contribution in [3.63, 3.8) is 0 Å². The Morgan fingerprint density at radius 1 is 1.54 bits per heavy atom. The van der Waals surface area contributed by atoms with Crippen LogP contribution in [0.1, 0.15) is 26.7 Å². The summed E-state index contributed by atoms with van der Waals surface area (Å²) in [5, 5.41) is 9.82. The van der Waals surface area contributed by atoms with Crippen molar-refractivity contribution < 1.29 is 9.84 Å². The molecule has 0 bridgehead atoms. The molecule has 1 saturated heterocycles. The molecular formula is C10H21NO2. The van der Waals surface area contributed by atoms with E-state index in [0.29, 0.717) is 0 Å². The predicted octanol–water partition coefficient (Wildman–Crippen LogP) is 0.868. The first-order chi connectivity index (χ1) is 6.09. The monoisotopic (exact) mass is 187 g/mol. The number of aliphatic hydroxyl groups is 1. The molecule has 0 saturated carbocycles. The predicted molar refractivity (Wildman–Crippen MR) is 52.8 cm³/mol. The number of nitrogens with zero attached hydrogens (tertiary/aromatic N) is 1. The van der Waals surface area contributed by atoms with Crippen LogP contribution in [0.4, 0.5) is 0 Å². The molecule has 1 fully saturated rings. The van der Waals surface area contributed by atoms with Crippen LogP contribution in [0, 0.1) is 0 Å². The number of rotatable bonds is 3. The minimum absolute atomic E-state index is 0.0865. The number of aliphatic hydroxyl groups excluding tert-OH is 1. The van der Waals surface area contributed by atoms with Crippen molar-refractivity contribution in [2.75, 3.05) is 26.8 Å². The van der Waals surface area contributed by atoms with Gasteiger partial charge >= 0.3 is 0 Å². The van der Waals surface area contributed by atoms with Crippen LogP contribution in [-0.2, 0) is 4.74 Å². The summed E-state index contributed by atoms with van der Waals surface area (Å²) in [5.74, 6) is 0. The molecule has 1 heterocycles. The van der Waals surface area contributed by atoms with Gasteiger partial charge in [-0.05, 0) is 33.2 Å². The van der Waals surface area contributed by atoms with Gasteiger partial charge in [-0.15, -0.1) is 0 Å². The van der Waals surface area contributed by atoms with E-state index in [1.54, 1.807) is 7.11 Å². The van der Waals surface area contributed by atoms with Crippen molar-refractivity contribution in [1.82, 2.24) is 4.90 Å². The van der Waals surface area contributed by atoms with Crippen LogP contribution in [0.25, 0.3) is 0 Å². The first-order valence-electron chi connectivity index (χ1n) is 5.01. The lowest BCUT2D eigenvalue weighted by Gasteiger charge is -2.45. The molecular weight excluding hydrogens is 166 g/mol. The Labute approximate surface area is 80.7 Å². The SMILES string of the molecule is COCCN1CCCC(O)C1(C)C. The lowest BCUT2D eigenvalue weighted by atomic mass is 9.87. The lowest BCUT2D eigenvalue weighted by Crippen LogP contribution is -2.56.